The lowest BCUT2D eigenvalue weighted by molar-refractivity contribution is -0.383. The van der Waals surface area contributed by atoms with Gasteiger partial charge in [0.25, 0.3) is 5.69 Å². The molecule has 0 fully saturated rings. The normalized spacial score (nSPS) is 10.9. The fraction of sp³-hybridized carbons (Fsp3) is 0.125. The Morgan fingerprint density at radius 1 is 1.50 bits per heavy atom. The van der Waals surface area contributed by atoms with Crippen LogP contribution in [-0.2, 0) is 14.8 Å². The highest BCUT2D eigenvalue weighted by Crippen LogP contribution is 2.25. The van der Waals surface area contributed by atoms with Crippen LogP contribution in [0.15, 0.2) is 18.2 Å². The Morgan fingerprint density at radius 2 is 2.11 bits per heavy atom. The van der Waals surface area contributed by atoms with Gasteiger partial charge in [0, 0.05) is 12.1 Å². The number of nitro benzene ring substituents is 1. The predicted molar refractivity (Wildman–Crippen MR) is 58.1 cm³/mol. The molecular weight excluding hydrogens is 271 g/mol. The summed E-state index contributed by atoms with van der Waals surface area (Å²) in [7, 11) is -4.33. The van der Waals surface area contributed by atoms with Crippen molar-refractivity contribution in [1.82, 2.24) is 0 Å². The van der Waals surface area contributed by atoms with E-state index in [1.165, 1.54) is 0 Å². The van der Waals surface area contributed by atoms with Crippen molar-refractivity contribution in [3.8, 4) is 0 Å². The van der Waals surface area contributed by atoms with E-state index in [0.717, 1.165) is 12.1 Å². The Balaban J connectivity index is 3.14. The van der Waals surface area contributed by atoms with Crippen LogP contribution in [0, 0.1) is 15.9 Å². The molecule has 0 aliphatic heterocycles. The summed E-state index contributed by atoms with van der Waals surface area (Å²) >= 11 is 0. The number of sulfonamides is 1. The Hall–Kier alpha value is -2.23. The predicted octanol–water partition coefficient (Wildman–Crippen LogP) is 0.560. The molecule has 0 saturated carbocycles. The summed E-state index contributed by atoms with van der Waals surface area (Å²) in [5.74, 6) is -3.81. The van der Waals surface area contributed by atoms with E-state index in [1.807, 2.05) is 0 Å². The van der Waals surface area contributed by atoms with Crippen molar-refractivity contribution in [2.45, 2.75) is 0 Å². The quantitative estimate of drug-likeness (QED) is 0.598. The third-order valence-electron chi connectivity index (χ3n) is 1.73. The molecule has 0 unspecified atom stereocenters. The van der Waals surface area contributed by atoms with Crippen LogP contribution in [0.4, 0.5) is 15.8 Å². The number of nitrogens with one attached hydrogen (secondary N) is 1. The minimum atomic E-state index is -4.33. The number of carboxylic acids is 1. The van der Waals surface area contributed by atoms with Crippen LogP contribution < -0.4 is 4.72 Å². The van der Waals surface area contributed by atoms with Gasteiger partial charge in [0.05, 0.1) is 4.92 Å². The number of carboxylic acid groups (broad SMARTS) is 1. The van der Waals surface area contributed by atoms with Crippen molar-refractivity contribution >= 4 is 27.4 Å². The third-order valence-corrected chi connectivity index (χ3v) is 2.89. The van der Waals surface area contributed by atoms with Gasteiger partial charge in [0.15, 0.2) is 5.75 Å². The minimum Gasteiger partial charge on any atom is -0.480 e. The number of halogens is 1. The van der Waals surface area contributed by atoms with Crippen LogP contribution in [0.25, 0.3) is 0 Å². The molecule has 0 spiro atoms. The molecule has 0 aliphatic carbocycles. The molecular formula is C8H7FN2O6S. The first kappa shape index (κ1) is 13.8. The Labute approximate surface area is 100 Å². The molecule has 0 saturated heterocycles. The Kier molecular flexibility index (Phi) is 3.81. The molecule has 1 rings (SSSR count). The Bertz CT molecular complexity index is 600. The van der Waals surface area contributed by atoms with E-state index in [9.17, 15) is 27.7 Å². The monoisotopic (exact) mass is 278 g/mol. The molecule has 18 heavy (non-hydrogen) atoms. The van der Waals surface area contributed by atoms with Crippen molar-refractivity contribution in [3.05, 3.63) is 34.1 Å². The fourth-order valence-corrected chi connectivity index (χ4v) is 2.01. The van der Waals surface area contributed by atoms with Crippen molar-refractivity contribution in [2.75, 3.05) is 10.5 Å². The molecule has 0 heterocycles. The van der Waals surface area contributed by atoms with Gasteiger partial charge < -0.3 is 5.11 Å². The Morgan fingerprint density at radius 3 is 2.61 bits per heavy atom. The van der Waals surface area contributed by atoms with Crippen LogP contribution in [0.1, 0.15) is 0 Å². The topological polar surface area (TPSA) is 127 Å². The first-order valence-corrected chi connectivity index (χ1v) is 6.03. The lowest BCUT2D eigenvalue weighted by Crippen LogP contribution is -2.22. The van der Waals surface area contributed by atoms with E-state index in [4.69, 9.17) is 5.11 Å². The molecule has 0 atom stereocenters. The highest BCUT2D eigenvalue weighted by molar-refractivity contribution is 7.93. The first-order valence-electron chi connectivity index (χ1n) is 4.37. The van der Waals surface area contributed by atoms with Crippen molar-refractivity contribution in [1.29, 1.82) is 0 Å². The number of benzene rings is 1. The van der Waals surface area contributed by atoms with Crippen molar-refractivity contribution in [2.24, 2.45) is 0 Å². The molecule has 0 radical (unpaired) electrons. The molecule has 8 nitrogen and oxygen atoms in total. The molecule has 2 N–H and O–H groups in total. The average molecular weight is 278 g/mol. The third kappa shape index (κ3) is 3.66. The summed E-state index contributed by atoms with van der Waals surface area (Å²) in [5.41, 5.74) is -1.30. The molecule has 1 aromatic carbocycles. The second kappa shape index (κ2) is 4.96. The number of anilines is 1. The molecule has 1 aromatic rings. The van der Waals surface area contributed by atoms with Gasteiger partial charge in [-0.2, -0.15) is 0 Å². The second-order valence-electron chi connectivity index (χ2n) is 3.17. The van der Waals surface area contributed by atoms with E-state index >= 15 is 0 Å². The standard InChI is InChI=1S/C8H7FN2O6S/c9-5-1-2-7(11(14)15)6(3-5)10-18(16,17)4-8(12)13/h1-3,10H,4H2,(H,12,13). The summed E-state index contributed by atoms with van der Waals surface area (Å²) < 4.78 is 37.0. The zero-order valence-corrected chi connectivity index (χ0v) is 9.48. The van der Waals surface area contributed by atoms with E-state index in [0.29, 0.717) is 6.07 Å². The van der Waals surface area contributed by atoms with Crippen LogP contribution in [0.2, 0.25) is 0 Å². The number of aliphatic carboxylic acids is 1. The second-order valence-corrected chi connectivity index (χ2v) is 4.90. The SMILES string of the molecule is O=C(O)CS(=O)(=O)Nc1cc(F)ccc1[N+](=O)[O-]. The summed E-state index contributed by atoms with van der Waals surface area (Å²) in [4.78, 5) is 19.9. The molecule has 10 heteroatoms. The summed E-state index contributed by atoms with van der Waals surface area (Å²) in [6, 6.07) is 2.15. The lowest BCUT2D eigenvalue weighted by atomic mass is 10.3. The van der Waals surface area contributed by atoms with Gasteiger partial charge in [-0.1, -0.05) is 0 Å². The number of hydrogen-bond donors (Lipinski definition) is 2. The first-order chi connectivity index (χ1) is 8.21. The summed E-state index contributed by atoms with van der Waals surface area (Å²) in [6.07, 6.45) is 0. The van der Waals surface area contributed by atoms with Gasteiger partial charge in [0.2, 0.25) is 10.0 Å². The minimum absolute atomic E-state index is 0.595. The maximum atomic E-state index is 12.9. The van der Waals surface area contributed by atoms with Crippen LogP contribution >= 0.6 is 0 Å². The molecule has 0 aromatic heterocycles. The van der Waals surface area contributed by atoms with Gasteiger partial charge in [-0.15, -0.1) is 0 Å². The molecule has 0 bridgehead atoms. The number of carbonyl (C=O) groups is 1. The largest absolute Gasteiger partial charge is 0.480 e. The van der Waals surface area contributed by atoms with Crippen LogP contribution in [0.3, 0.4) is 0 Å². The highest BCUT2D eigenvalue weighted by atomic mass is 32.2. The van der Waals surface area contributed by atoms with E-state index < -0.39 is 43.9 Å². The van der Waals surface area contributed by atoms with Crippen molar-refractivity contribution < 1.29 is 27.6 Å². The smallest absolute Gasteiger partial charge is 0.320 e. The van der Waals surface area contributed by atoms with Gasteiger partial charge in [0.1, 0.15) is 11.5 Å². The van der Waals surface area contributed by atoms with Crippen LogP contribution in [-0.4, -0.2) is 30.2 Å². The highest BCUT2D eigenvalue weighted by Gasteiger charge is 2.21. The number of rotatable bonds is 5. The zero-order valence-electron chi connectivity index (χ0n) is 8.66. The zero-order chi connectivity index (χ0) is 13.9. The summed E-state index contributed by atoms with van der Waals surface area (Å²) in [6.45, 7) is 0. The van der Waals surface area contributed by atoms with Gasteiger partial charge in [-0.3, -0.25) is 19.6 Å². The number of nitro groups is 1. The van der Waals surface area contributed by atoms with Gasteiger partial charge in [-0.05, 0) is 6.07 Å². The summed E-state index contributed by atoms with van der Waals surface area (Å²) in [5, 5.41) is 18.9. The van der Waals surface area contributed by atoms with Crippen LogP contribution in [0.5, 0.6) is 0 Å². The van der Waals surface area contributed by atoms with E-state index in [2.05, 4.69) is 0 Å². The molecule has 0 aliphatic rings. The van der Waals surface area contributed by atoms with Crippen molar-refractivity contribution in [3.63, 3.8) is 0 Å². The molecule has 0 amide bonds. The maximum absolute atomic E-state index is 12.9. The number of nitrogens with zero attached hydrogens (tertiary/aromatic N) is 1. The van der Waals surface area contributed by atoms with Gasteiger partial charge in [-0.25, -0.2) is 12.8 Å². The lowest BCUT2D eigenvalue weighted by Gasteiger charge is -2.06. The maximum Gasteiger partial charge on any atom is 0.320 e. The average Bonchev–Trinajstić information content (AvgIpc) is 2.13. The van der Waals surface area contributed by atoms with E-state index in [-0.39, 0.29) is 0 Å². The number of hydrogen-bond acceptors (Lipinski definition) is 5. The van der Waals surface area contributed by atoms with E-state index in [1.54, 1.807) is 4.72 Å². The fourth-order valence-electron chi connectivity index (χ4n) is 1.12. The molecule has 98 valence electrons. The van der Waals surface area contributed by atoms with Gasteiger partial charge >= 0.3 is 5.97 Å².